The van der Waals surface area contributed by atoms with Gasteiger partial charge >= 0.3 is 0 Å². The van der Waals surface area contributed by atoms with Crippen molar-refractivity contribution in [3.05, 3.63) is 10.7 Å². The molecule has 84 valence electrons. The number of hydrogen-bond acceptors (Lipinski definition) is 5. The molecule has 15 heavy (non-hydrogen) atoms. The molecule has 0 aliphatic heterocycles. The largest absolute Gasteiger partial charge is 0.383 e. The Morgan fingerprint density at radius 1 is 1.60 bits per heavy atom. The van der Waals surface area contributed by atoms with Crippen molar-refractivity contribution in [2.24, 2.45) is 0 Å². The van der Waals surface area contributed by atoms with Crippen LogP contribution >= 0.6 is 15.9 Å². The minimum absolute atomic E-state index is 0.399. The second kappa shape index (κ2) is 6.02. The molecule has 0 fully saturated rings. The van der Waals surface area contributed by atoms with E-state index < -0.39 is 10.8 Å². The molecule has 1 unspecified atom stereocenters. The lowest BCUT2D eigenvalue weighted by molar-refractivity contribution is 0.684. The average molecular weight is 293 g/mol. The van der Waals surface area contributed by atoms with E-state index >= 15 is 0 Å². The van der Waals surface area contributed by atoms with Crippen molar-refractivity contribution in [1.29, 1.82) is 0 Å². The van der Waals surface area contributed by atoms with Crippen molar-refractivity contribution in [3.63, 3.8) is 0 Å². The highest BCUT2D eigenvalue weighted by atomic mass is 79.9. The predicted octanol–water partition coefficient (Wildman–Crippen LogP) is 1.00. The molecule has 1 aromatic heterocycles. The van der Waals surface area contributed by atoms with Crippen LogP contribution in [0.2, 0.25) is 0 Å². The Labute approximate surface area is 99.5 Å². The third kappa shape index (κ3) is 4.57. The van der Waals surface area contributed by atoms with Crippen molar-refractivity contribution >= 4 is 38.5 Å². The molecule has 1 rings (SSSR count). The van der Waals surface area contributed by atoms with E-state index in [1.165, 1.54) is 0 Å². The summed E-state index contributed by atoms with van der Waals surface area (Å²) in [5.74, 6) is 2.11. The highest BCUT2D eigenvalue weighted by Crippen LogP contribution is 2.11. The third-order valence-corrected chi connectivity index (χ3v) is 3.36. The maximum Gasteiger partial charge on any atom is 0.225 e. The number of rotatable bonds is 5. The molecule has 3 N–H and O–H groups in total. The molecule has 7 heteroatoms. The molecule has 0 saturated carbocycles. The van der Waals surface area contributed by atoms with Gasteiger partial charge in [0.05, 0.1) is 0 Å². The molecule has 0 aromatic carbocycles. The van der Waals surface area contributed by atoms with Gasteiger partial charge < -0.3 is 11.1 Å². The molecular formula is C8H13BrN4OS. The Morgan fingerprint density at radius 2 is 2.33 bits per heavy atom. The second-order valence-corrected chi connectivity index (χ2v) is 5.48. The molecule has 0 radical (unpaired) electrons. The van der Waals surface area contributed by atoms with E-state index in [2.05, 4.69) is 31.2 Å². The maximum atomic E-state index is 11.1. The van der Waals surface area contributed by atoms with Crippen LogP contribution in [-0.2, 0) is 10.8 Å². The van der Waals surface area contributed by atoms with Gasteiger partial charge in [0.15, 0.2) is 0 Å². The molecule has 1 heterocycles. The SMILES string of the molecule is CCS(=O)CCNc1nc(N)cc(Br)n1. The first-order valence-electron chi connectivity index (χ1n) is 4.50. The number of aromatic nitrogens is 2. The van der Waals surface area contributed by atoms with Crippen LogP contribution in [0.15, 0.2) is 10.7 Å². The zero-order valence-corrected chi connectivity index (χ0v) is 10.8. The summed E-state index contributed by atoms with van der Waals surface area (Å²) in [5, 5.41) is 2.97. The Balaban J connectivity index is 2.47. The van der Waals surface area contributed by atoms with Crippen LogP contribution in [0, 0.1) is 0 Å². The predicted molar refractivity (Wildman–Crippen MR) is 66.2 cm³/mol. The standard InChI is InChI=1S/C8H13BrN4OS/c1-2-15(14)4-3-11-8-12-6(9)5-7(10)13-8/h5H,2-4H2,1H3,(H3,10,11,12,13). The smallest absolute Gasteiger partial charge is 0.225 e. The fourth-order valence-electron chi connectivity index (χ4n) is 0.935. The minimum Gasteiger partial charge on any atom is -0.383 e. The summed E-state index contributed by atoms with van der Waals surface area (Å²) >= 11 is 3.22. The summed E-state index contributed by atoms with van der Waals surface area (Å²) in [7, 11) is -0.772. The second-order valence-electron chi connectivity index (χ2n) is 2.80. The van der Waals surface area contributed by atoms with Gasteiger partial charge in [-0.05, 0) is 15.9 Å². The van der Waals surface area contributed by atoms with E-state index in [1.807, 2.05) is 6.92 Å². The lowest BCUT2D eigenvalue weighted by Crippen LogP contribution is -2.14. The van der Waals surface area contributed by atoms with Crippen molar-refractivity contribution < 1.29 is 4.21 Å². The molecule has 0 aliphatic carbocycles. The van der Waals surface area contributed by atoms with E-state index in [0.29, 0.717) is 34.4 Å². The topological polar surface area (TPSA) is 80.9 Å². The van der Waals surface area contributed by atoms with Crippen LogP contribution in [0.3, 0.4) is 0 Å². The van der Waals surface area contributed by atoms with Gasteiger partial charge in [-0.2, -0.15) is 4.98 Å². The van der Waals surface area contributed by atoms with Gasteiger partial charge in [-0.15, -0.1) is 0 Å². The first-order chi connectivity index (χ1) is 7.11. The van der Waals surface area contributed by atoms with E-state index in [9.17, 15) is 4.21 Å². The number of halogens is 1. The highest BCUT2D eigenvalue weighted by Gasteiger charge is 2.01. The molecular weight excluding hydrogens is 280 g/mol. The summed E-state index contributed by atoms with van der Waals surface area (Å²) in [6.45, 7) is 2.47. The van der Waals surface area contributed by atoms with Gasteiger partial charge in [0.2, 0.25) is 5.95 Å². The van der Waals surface area contributed by atoms with Gasteiger partial charge in [0, 0.05) is 34.9 Å². The summed E-state index contributed by atoms with van der Waals surface area (Å²) in [5.41, 5.74) is 5.54. The number of hydrogen-bond donors (Lipinski definition) is 2. The summed E-state index contributed by atoms with van der Waals surface area (Å²) in [6.07, 6.45) is 0. The molecule has 0 spiro atoms. The number of nitrogens with two attached hydrogens (primary N) is 1. The van der Waals surface area contributed by atoms with Crippen LogP contribution in [-0.4, -0.2) is 32.2 Å². The number of anilines is 2. The van der Waals surface area contributed by atoms with Crippen LogP contribution in [0.1, 0.15) is 6.92 Å². The summed E-state index contributed by atoms with van der Waals surface area (Å²) in [6, 6.07) is 1.62. The zero-order valence-electron chi connectivity index (χ0n) is 8.36. The van der Waals surface area contributed by atoms with Crippen LogP contribution in [0.5, 0.6) is 0 Å². The summed E-state index contributed by atoms with van der Waals surface area (Å²) < 4.78 is 11.8. The Morgan fingerprint density at radius 3 is 2.93 bits per heavy atom. The lowest BCUT2D eigenvalue weighted by atomic mass is 10.6. The molecule has 0 saturated heterocycles. The molecule has 0 bridgehead atoms. The highest BCUT2D eigenvalue weighted by molar-refractivity contribution is 9.10. The third-order valence-electron chi connectivity index (χ3n) is 1.65. The quantitative estimate of drug-likeness (QED) is 0.792. The van der Waals surface area contributed by atoms with Crippen molar-refractivity contribution in [2.75, 3.05) is 29.1 Å². The van der Waals surface area contributed by atoms with Crippen molar-refractivity contribution in [2.45, 2.75) is 6.92 Å². The van der Waals surface area contributed by atoms with Gasteiger partial charge in [-0.1, -0.05) is 6.92 Å². The van der Waals surface area contributed by atoms with Crippen LogP contribution < -0.4 is 11.1 Å². The van der Waals surface area contributed by atoms with Crippen molar-refractivity contribution in [3.8, 4) is 0 Å². The molecule has 1 atom stereocenters. The minimum atomic E-state index is -0.772. The fraction of sp³-hybridized carbons (Fsp3) is 0.500. The van der Waals surface area contributed by atoms with Gasteiger partial charge in [0.1, 0.15) is 10.4 Å². The van der Waals surface area contributed by atoms with E-state index in [0.717, 1.165) is 0 Å². The Bertz CT molecular complexity index is 340. The molecule has 1 aromatic rings. The maximum absolute atomic E-state index is 11.1. The summed E-state index contributed by atoms with van der Waals surface area (Å²) in [4.78, 5) is 8.06. The van der Waals surface area contributed by atoms with Gasteiger partial charge in [-0.25, -0.2) is 4.98 Å². The Kier molecular flexibility index (Phi) is 4.97. The van der Waals surface area contributed by atoms with E-state index in [-0.39, 0.29) is 0 Å². The van der Waals surface area contributed by atoms with Crippen LogP contribution in [0.4, 0.5) is 11.8 Å². The normalized spacial score (nSPS) is 12.4. The van der Waals surface area contributed by atoms with E-state index in [4.69, 9.17) is 5.73 Å². The average Bonchev–Trinajstić information content (AvgIpc) is 2.16. The molecule has 5 nitrogen and oxygen atoms in total. The van der Waals surface area contributed by atoms with Crippen molar-refractivity contribution in [1.82, 2.24) is 9.97 Å². The zero-order chi connectivity index (χ0) is 11.3. The molecule has 0 amide bonds. The molecule has 0 aliphatic rings. The van der Waals surface area contributed by atoms with Gasteiger partial charge in [0.25, 0.3) is 0 Å². The first-order valence-corrected chi connectivity index (χ1v) is 6.79. The number of nitrogen functional groups attached to an aromatic ring is 1. The van der Waals surface area contributed by atoms with Crippen LogP contribution in [0.25, 0.3) is 0 Å². The number of nitrogens with zero attached hydrogens (tertiary/aromatic N) is 2. The monoisotopic (exact) mass is 292 g/mol. The number of nitrogens with one attached hydrogen (secondary N) is 1. The Hall–Kier alpha value is -0.690. The first kappa shape index (κ1) is 12.4. The van der Waals surface area contributed by atoms with E-state index in [1.54, 1.807) is 6.07 Å². The van der Waals surface area contributed by atoms with Gasteiger partial charge in [-0.3, -0.25) is 4.21 Å². The lowest BCUT2D eigenvalue weighted by Gasteiger charge is -2.04. The fourth-order valence-corrected chi connectivity index (χ4v) is 1.96.